The van der Waals surface area contributed by atoms with Crippen molar-refractivity contribution in [3.63, 3.8) is 0 Å². The van der Waals surface area contributed by atoms with E-state index in [0.717, 1.165) is 6.92 Å². The number of amides is 2. The van der Waals surface area contributed by atoms with Crippen molar-refractivity contribution < 1.29 is 37.4 Å². The SMILES string of the molecule is CC(=O)OCC1=C(C(=O)O)N2C(=O)[C@@H](NC(=O)Cc3ccccc3)[C@@H]2S(=O)(=O)C1.CCN(CC)CC. The Balaban J connectivity index is 0.000000572. The van der Waals surface area contributed by atoms with E-state index in [1.807, 2.05) is 0 Å². The number of nitrogens with zero attached hydrogens (tertiary/aromatic N) is 2. The lowest BCUT2D eigenvalue weighted by molar-refractivity contribution is -0.151. The molecular formula is C24H33N3O8S. The van der Waals surface area contributed by atoms with Crippen LogP contribution in [0.15, 0.2) is 41.6 Å². The van der Waals surface area contributed by atoms with E-state index in [1.165, 1.54) is 19.6 Å². The smallest absolute Gasteiger partial charge is 0.352 e. The highest BCUT2D eigenvalue weighted by Crippen LogP contribution is 2.36. The minimum Gasteiger partial charge on any atom is -0.477 e. The molecule has 1 saturated heterocycles. The second kappa shape index (κ2) is 12.6. The first-order chi connectivity index (χ1) is 17.0. The number of aliphatic carboxylic acids is 1. The van der Waals surface area contributed by atoms with Crippen LogP contribution in [0.25, 0.3) is 0 Å². The Morgan fingerprint density at radius 1 is 1.11 bits per heavy atom. The van der Waals surface area contributed by atoms with E-state index in [2.05, 4.69) is 31.0 Å². The van der Waals surface area contributed by atoms with Gasteiger partial charge in [-0.1, -0.05) is 51.1 Å². The summed E-state index contributed by atoms with van der Waals surface area (Å²) in [5.74, 6) is -4.34. The summed E-state index contributed by atoms with van der Waals surface area (Å²) in [6, 6.07) is 7.28. The van der Waals surface area contributed by atoms with Gasteiger partial charge in [-0.3, -0.25) is 19.3 Å². The number of carboxylic acid groups (broad SMARTS) is 1. The molecule has 0 unspecified atom stereocenters. The van der Waals surface area contributed by atoms with E-state index < -0.39 is 63.1 Å². The number of nitrogens with one attached hydrogen (secondary N) is 1. The van der Waals surface area contributed by atoms with Gasteiger partial charge in [0, 0.05) is 12.5 Å². The molecule has 3 rings (SSSR count). The molecule has 12 heteroatoms. The lowest BCUT2D eigenvalue weighted by Crippen LogP contribution is -2.75. The maximum atomic E-state index is 12.6. The Morgan fingerprint density at radius 2 is 1.69 bits per heavy atom. The number of benzene rings is 1. The Bertz CT molecular complexity index is 1110. The number of β-lactam (4-membered cyclic amide) rings is 1. The summed E-state index contributed by atoms with van der Waals surface area (Å²) < 4.78 is 30.0. The van der Waals surface area contributed by atoms with E-state index in [4.69, 9.17) is 4.74 Å². The summed E-state index contributed by atoms with van der Waals surface area (Å²) in [6.45, 7) is 10.7. The van der Waals surface area contributed by atoms with E-state index in [1.54, 1.807) is 30.3 Å². The quantitative estimate of drug-likeness (QED) is 0.349. The monoisotopic (exact) mass is 523 g/mol. The number of esters is 1. The van der Waals surface area contributed by atoms with Gasteiger partial charge in [0.2, 0.25) is 5.91 Å². The van der Waals surface area contributed by atoms with Crippen LogP contribution in [-0.2, 0) is 40.2 Å². The van der Waals surface area contributed by atoms with Gasteiger partial charge < -0.3 is 20.1 Å². The average Bonchev–Trinajstić information content (AvgIpc) is 2.82. The molecule has 2 aliphatic rings. The zero-order valence-corrected chi connectivity index (χ0v) is 21.7. The van der Waals surface area contributed by atoms with Crippen molar-refractivity contribution in [3.05, 3.63) is 47.2 Å². The van der Waals surface area contributed by atoms with Crippen molar-refractivity contribution in [2.75, 3.05) is 32.0 Å². The Hall–Kier alpha value is -3.25. The zero-order chi connectivity index (χ0) is 27.0. The maximum Gasteiger partial charge on any atom is 0.352 e. The number of fused-ring (bicyclic) bond motifs is 1. The van der Waals surface area contributed by atoms with E-state index in [9.17, 15) is 32.7 Å². The summed E-state index contributed by atoms with van der Waals surface area (Å²) >= 11 is 0. The second-order valence-electron chi connectivity index (χ2n) is 8.27. The molecule has 11 nitrogen and oxygen atoms in total. The number of hydrogen-bond acceptors (Lipinski definition) is 8. The molecule has 2 heterocycles. The molecule has 1 fully saturated rings. The summed E-state index contributed by atoms with van der Waals surface area (Å²) in [5.41, 5.74) is -0.0640. The van der Waals surface area contributed by atoms with Crippen molar-refractivity contribution in [1.82, 2.24) is 15.1 Å². The van der Waals surface area contributed by atoms with Gasteiger partial charge in [-0.25, -0.2) is 13.2 Å². The number of carboxylic acids is 1. The van der Waals surface area contributed by atoms with Crippen molar-refractivity contribution in [2.45, 2.75) is 45.5 Å². The van der Waals surface area contributed by atoms with Crippen molar-refractivity contribution in [2.24, 2.45) is 0 Å². The summed E-state index contributed by atoms with van der Waals surface area (Å²) in [5, 5.41) is 10.3. The number of ether oxygens (including phenoxy) is 1. The molecule has 36 heavy (non-hydrogen) atoms. The number of carbonyl (C=O) groups is 4. The predicted octanol–water partition coefficient (Wildman–Crippen LogP) is 0.561. The molecule has 0 radical (unpaired) electrons. The van der Waals surface area contributed by atoms with Crippen LogP contribution in [0.4, 0.5) is 0 Å². The molecule has 0 aliphatic carbocycles. The van der Waals surface area contributed by atoms with Gasteiger partial charge in [0.15, 0.2) is 15.2 Å². The molecule has 0 bridgehead atoms. The molecule has 0 spiro atoms. The highest BCUT2D eigenvalue weighted by Gasteiger charge is 2.60. The third-order valence-electron chi connectivity index (χ3n) is 5.88. The lowest BCUT2D eigenvalue weighted by atomic mass is 10.0. The van der Waals surface area contributed by atoms with Gasteiger partial charge in [0.05, 0.1) is 12.2 Å². The van der Waals surface area contributed by atoms with Crippen LogP contribution in [0.2, 0.25) is 0 Å². The zero-order valence-electron chi connectivity index (χ0n) is 20.9. The molecule has 0 saturated carbocycles. The molecule has 2 amide bonds. The Morgan fingerprint density at radius 3 is 2.17 bits per heavy atom. The van der Waals surface area contributed by atoms with E-state index >= 15 is 0 Å². The minimum absolute atomic E-state index is 0.0588. The van der Waals surface area contributed by atoms with Crippen LogP contribution in [0.3, 0.4) is 0 Å². The van der Waals surface area contributed by atoms with Gasteiger partial charge in [0.1, 0.15) is 18.3 Å². The fraction of sp³-hybridized carbons (Fsp3) is 0.500. The highest BCUT2D eigenvalue weighted by atomic mass is 32.2. The second-order valence-corrected chi connectivity index (χ2v) is 10.4. The van der Waals surface area contributed by atoms with Gasteiger partial charge in [-0.2, -0.15) is 0 Å². The molecule has 2 aliphatic heterocycles. The largest absolute Gasteiger partial charge is 0.477 e. The number of sulfone groups is 1. The standard InChI is InChI=1S/C18H18N2O8S.C6H15N/c1-10(21)28-8-12-9-29(26,27)17-14(16(23)20(17)15(12)18(24)25)19-13(22)7-11-5-3-2-4-6-11;1-4-7(5-2)6-3/h2-6,14,17H,7-9H2,1H3,(H,19,22)(H,24,25);4-6H2,1-3H3/t14-,17+;/m1./s1. The summed E-state index contributed by atoms with van der Waals surface area (Å²) in [4.78, 5) is 50.4. The van der Waals surface area contributed by atoms with Crippen LogP contribution >= 0.6 is 0 Å². The van der Waals surface area contributed by atoms with E-state index in [-0.39, 0.29) is 12.0 Å². The van der Waals surface area contributed by atoms with Gasteiger partial charge >= 0.3 is 11.9 Å². The molecular weight excluding hydrogens is 490 g/mol. The first-order valence-corrected chi connectivity index (χ1v) is 13.4. The van der Waals surface area contributed by atoms with Crippen LogP contribution in [0, 0.1) is 0 Å². The van der Waals surface area contributed by atoms with Gasteiger partial charge in [-0.05, 0) is 25.2 Å². The highest BCUT2D eigenvalue weighted by molar-refractivity contribution is 7.92. The van der Waals surface area contributed by atoms with Crippen LogP contribution in [0.1, 0.15) is 33.3 Å². The maximum absolute atomic E-state index is 12.6. The van der Waals surface area contributed by atoms with Crippen LogP contribution < -0.4 is 5.32 Å². The van der Waals surface area contributed by atoms with Crippen LogP contribution in [0.5, 0.6) is 0 Å². The van der Waals surface area contributed by atoms with Crippen molar-refractivity contribution in [3.8, 4) is 0 Å². The van der Waals surface area contributed by atoms with E-state index in [0.29, 0.717) is 10.5 Å². The molecule has 1 aromatic carbocycles. The Labute approximate surface area is 211 Å². The fourth-order valence-electron chi connectivity index (χ4n) is 4.00. The third-order valence-corrected chi connectivity index (χ3v) is 7.85. The molecule has 198 valence electrons. The minimum atomic E-state index is -4.01. The number of rotatable bonds is 9. The first-order valence-electron chi connectivity index (χ1n) is 11.7. The van der Waals surface area contributed by atoms with Crippen LogP contribution in [-0.4, -0.2) is 90.5 Å². The molecule has 0 aromatic heterocycles. The summed E-state index contributed by atoms with van der Waals surface area (Å²) in [7, 11) is -4.01. The first kappa shape index (κ1) is 29.0. The fourth-order valence-corrected chi connectivity index (χ4v) is 6.01. The predicted molar refractivity (Wildman–Crippen MR) is 131 cm³/mol. The normalized spacial score (nSPS) is 20.0. The van der Waals surface area contributed by atoms with Gasteiger partial charge in [0.25, 0.3) is 5.91 Å². The third kappa shape index (κ3) is 6.91. The number of hydrogen-bond donors (Lipinski definition) is 2. The topological polar surface area (TPSA) is 150 Å². The van der Waals surface area contributed by atoms with Crippen molar-refractivity contribution in [1.29, 1.82) is 0 Å². The molecule has 2 N–H and O–H groups in total. The summed E-state index contributed by atoms with van der Waals surface area (Å²) in [6.07, 6.45) is -0.0588. The lowest BCUT2D eigenvalue weighted by Gasteiger charge is -2.48. The van der Waals surface area contributed by atoms with Gasteiger partial charge in [-0.15, -0.1) is 0 Å². The Kier molecular flexibility index (Phi) is 10.2. The number of carbonyl (C=O) groups excluding carboxylic acids is 3. The molecule has 2 atom stereocenters. The molecule has 1 aromatic rings. The van der Waals surface area contributed by atoms with Crippen molar-refractivity contribution >= 4 is 33.6 Å². The average molecular weight is 524 g/mol.